The van der Waals surface area contributed by atoms with Crippen LogP contribution in [0.15, 0.2) is 30.3 Å². The summed E-state index contributed by atoms with van der Waals surface area (Å²) in [7, 11) is 0. The van der Waals surface area contributed by atoms with Gasteiger partial charge in [-0.1, -0.05) is 44.2 Å². The Hall–Kier alpha value is -2.65. The van der Waals surface area contributed by atoms with Crippen LogP contribution in [-0.2, 0) is 20.7 Å². The van der Waals surface area contributed by atoms with Gasteiger partial charge >= 0.3 is 6.09 Å². The summed E-state index contributed by atoms with van der Waals surface area (Å²) in [6, 6.07) is 7.12. The first-order valence-electron chi connectivity index (χ1n) is 9.08. The summed E-state index contributed by atoms with van der Waals surface area (Å²) in [5, 5.41) is 23.0. The third-order valence-corrected chi connectivity index (χ3v) is 3.88. The van der Waals surface area contributed by atoms with Gasteiger partial charge in [0.2, 0.25) is 11.8 Å². The Morgan fingerprint density at radius 1 is 1.11 bits per heavy atom. The van der Waals surface area contributed by atoms with Gasteiger partial charge in [-0.3, -0.25) is 9.59 Å². The number of nitrogens with one attached hydrogen (secondary N) is 2. The number of benzene rings is 1. The highest BCUT2D eigenvalue weighted by Crippen LogP contribution is 2.07. The number of aliphatic hydroxyl groups is 2. The average molecular weight is 395 g/mol. The second-order valence-electron chi connectivity index (χ2n) is 6.91. The second-order valence-corrected chi connectivity index (χ2v) is 6.91. The Kier molecular flexibility index (Phi) is 9.97. The third-order valence-electron chi connectivity index (χ3n) is 3.88. The molecule has 0 spiro atoms. The number of carbonyl (C=O) groups is 3. The summed E-state index contributed by atoms with van der Waals surface area (Å²) < 4.78 is 4.80. The van der Waals surface area contributed by atoms with E-state index in [9.17, 15) is 19.5 Å². The molecule has 0 heterocycles. The Labute approximate surface area is 164 Å². The Morgan fingerprint density at radius 2 is 1.75 bits per heavy atom. The van der Waals surface area contributed by atoms with Crippen LogP contribution in [0, 0.1) is 5.92 Å². The van der Waals surface area contributed by atoms with Gasteiger partial charge in [-0.05, 0) is 17.9 Å². The lowest BCUT2D eigenvalue weighted by atomic mass is 10.0. The van der Waals surface area contributed by atoms with E-state index in [2.05, 4.69) is 10.6 Å². The lowest BCUT2D eigenvalue weighted by molar-refractivity contribution is -0.128. The highest BCUT2D eigenvalue weighted by molar-refractivity contribution is 5.90. The van der Waals surface area contributed by atoms with Gasteiger partial charge in [-0.25, -0.2) is 4.79 Å². The van der Waals surface area contributed by atoms with Crippen LogP contribution in [0.4, 0.5) is 4.79 Å². The number of aliphatic hydroxyl groups excluding tert-OH is 2. The number of hydrogen-bond acceptors (Lipinski definition) is 6. The summed E-state index contributed by atoms with van der Waals surface area (Å²) in [5.74, 6) is -1.11. The minimum Gasteiger partial charge on any atom is -0.447 e. The number of primary amides is 1. The largest absolute Gasteiger partial charge is 0.447 e. The predicted octanol–water partition coefficient (Wildman–Crippen LogP) is -0.307. The van der Waals surface area contributed by atoms with Crippen LogP contribution in [0.3, 0.4) is 0 Å². The fraction of sp³-hybridized carbons (Fsp3) is 0.526. The standard InChI is InChI=1S/C19H29N3O6/c1-12(2)8-15(17(20)25)21-18(26)16(9-13-6-4-3-5-7-13)22-19(27)28-11-14(24)10-23/h3-7,12,14-16,23-24H,8-11H2,1-2H3,(H2,20,25)(H,21,26)(H,22,27)/t14-,15?,16+/m1/s1. The number of alkyl carbamates (subject to hydrolysis) is 1. The van der Waals surface area contributed by atoms with E-state index in [1.165, 1.54) is 0 Å². The molecule has 0 aromatic heterocycles. The van der Waals surface area contributed by atoms with Gasteiger partial charge in [0.05, 0.1) is 6.61 Å². The zero-order valence-corrected chi connectivity index (χ0v) is 16.1. The molecule has 0 radical (unpaired) electrons. The lowest BCUT2D eigenvalue weighted by Gasteiger charge is -2.23. The van der Waals surface area contributed by atoms with Crippen LogP contribution in [0.1, 0.15) is 25.8 Å². The maximum Gasteiger partial charge on any atom is 0.407 e. The molecule has 28 heavy (non-hydrogen) atoms. The van der Waals surface area contributed by atoms with E-state index in [-0.39, 0.29) is 12.3 Å². The molecule has 1 unspecified atom stereocenters. The van der Waals surface area contributed by atoms with E-state index >= 15 is 0 Å². The van der Waals surface area contributed by atoms with Crippen molar-refractivity contribution in [3.63, 3.8) is 0 Å². The van der Waals surface area contributed by atoms with Crippen molar-refractivity contribution in [2.24, 2.45) is 11.7 Å². The van der Waals surface area contributed by atoms with Gasteiger partial charge < -0.3 is 31.3 Å². The van der Waals surface area contributed by atoms with Crippen molar-refractivity contribution in [3.05, 3.63) is 35.9 Å². The first kappa shape index (κ1) is 23.4. The molecule has 3 atom stereocenters. The van der Waals surface area contributed by atoms with Crippen LogP contribution in [0.5, 0.6) is 0 Å². The van der Waals surface area contributed by atoms with Crippen molar-refractivity contribution in [3.8, 4) is 0 Å². The molecule has 0 aliphatic heterocycles. The number of ether oxygens (including phenoxy) is 1. The molecule has 0 saturated carbocycles. The molecule has 1 rings (SSSR count). The molecule has 0 fully saturated rings. The first-order chi connectivity index (χ1) is 13.2. The zero-order valence-electron chi connectivity index (χ0n) is 16.1. The lowest BCUT2D eigenvalue weighted by Crippen LogP contribution is -2.54. The maximum atomic E-state index is 12.7. The molecule has 1 aromatic carbocycles. The molecule has 3 amide bonds. The van der Waals surface area contributed by atoms with Gasteiger partial charge in [0.25, 0.3) is 0 Å². The molecule has 156 valence electrons. The molecule has 0 aliphatic carbocycles. The Bertz CT molecular complexity index is 638. The minimum absolute atomic E-state index is 0.128. The monoisotopic (exact) mass is 395 g/mol. The second kappa shape index (κ2) is 11.9. The number of nitrogens with two attached hydrogens (primary N) is 1. The third kappa shape index (κ3) is 8.83. The Morgan fingerprint density at radius 3 is 2.29 bits per heavy atom. The van der Waals surface area contributed by atoms with E-state index in [4.69, 9.17) is 15.6 Å². The van der Waals surface area contributed by atoms with E-state index in [1.54, 1.807) is 24.3 Å². The van der Waals surface area contributed by atoms with Gasteiger partial charge in [-0.2, -0.15) is 0 Å². The smallest absolute Gasteiger partial charge is 0.407 e. The average Bonchev–Trinajstić information content (AvgIpc) is 2.65. The number of amides is 3. The molecule has 9 heteroatoms. The summed E-state index contributed by atoms with van der Waals surface area (Å²) in [6.45, 7) is 2.81. The van der Waals surface area contributed by atoms with Crippen molar-refractivity contribution in [2.45, 2.75) is 44.9 Å². The van der Waals surface area contributed by atoms with E-state index in [0.29, 0.717) is 6.42 Å². The highest BCUT2D eigenvalue weighted by Gasteiger charge is 2.27. The van der Waals surface area contributed by atoms with Crippen molar-refractivity contribution in [1.29, 1.82) is 0 Å². The van der Waals surface area contributed by atoms with E-state index in [0.717, 1.165) is 5.56 Å². The van der Waals surface area contributed by atoms with Crippen molar-refractivity contribution in [1.82, 2.24) is 10.6 Å². The minimum atomic E-state index is -1.21. The quantitative estimate of drug-likeness (QED) is 0.347. The van der Waals surface area contributed by atoms with Crippen molar-refractivity contribution < 1.29 is 29.3 Å². The topological polar surface area (TPSA) is 151 Å². The van der Waals surface area contributed by atoms with Gasteiger partial charge in [0.1, 0.15) is 24.8 Å². The first-order valence-corrected chi connectivity index (χ1v) is 9.08. The van der Waals surface area contributed by atoms with Crippen LogP contribution >= 0.6 is 0 Å². The van der Waals surface area contributed by atoms with Gasteiger partial charge in [0.15, 0.2) is 0 Å². The fourth-order valence-corrected chi connectivity index (χ4v) is 2.46. The molecular weight excluding hydrogens is 366 g/mol. The summed E-state index contributed by atoms with van der Waals surface area (Å²) in [6.07, 6.45) is -1.61. The fourth-order valence-electron chi connectivity index (χ4n) is 2.46. The molecule has 6 N–H and O–H groups in total. The molecule has 1 aromatic rings. The van der Waals surface area contributed by atoms with Crippen LogP contribution in [0.25, 0.3) is 0 Å². The summed E-state index contributed by atoms with van der Waals surface area (Å²) in [4.78, 5) is 36.3. The summed E-state index contributed by atoms with van der Waals surface area (Å²) >= 11 is 0. The van der Waals surface area contributed by atoms with Crippen LogP contribution in [0.2, 0.25) is 0 Å². The maximum absolute atomic E-state index is 12.7. The van der Waals surface area contributed by atoms with Crippen LogP contribution < -0.4 is 16.4 Å². The molecule has 0 saturated heterocycles. The van der Waals surface area contributed by atoms with Crippen molar-refractivity contribution >= 4 is 17.9 Å². The number of rotatable bonds is 11. The Balaban J connectivity index is 2.84. The molecule has 9 nitrogen and oxygen atoms in total. The van der Waals surface area contributed by atoms with Gasteiger partial charge in [0, 0.05) is 6.42 Å². The van der Waals surface area contributed by atoms with Crippen molar-refractivity contribution in [2.75, 3.05) is 13.2 Å². The molecular formula is C19H29N3O6. The molecule has 0 bridgehead atoms. The van der Waals surface area contributed by atoms with Gasteiger partial charge in [-0.15, -0.1) is 0 Å². The highest BCUT2D eigenvalue weighted by atomic mass is 16.6. The van der Waals surface area contributed by atoms with E-state index in [1.807, 2.05) is 19.9 Å². The number of carbonyl (C=O) groups excluding carboxylic acids is 3. The summed E-state index contributed by atoms with van der Waals surface area (Å²) in [5.41, 5.74) is 6.16. The van der Waals surface area contributed by atoms with E-state index < -0.39 is 49.3 Å². The van der Waals surface area contributed by atoms with Crippen LogP contribution in [-0.4, -0.2) is 59.5 Å². The SMILES string of the molecule is CC(C)CC(NC(=O)[C@H](Cc1ccccc1)NC(=O)OC[C@H](O)CO)C(N)=O. The predicted molar refractivity (Wildman–Crippen MR) is 102 cm³/mol. The normalized spacial score (nSPS) is 14.0. The number of hydrogen-bond donors (Lipinski definition) is 5. The zero-order chi connectivity index (χ0) is 21.1. The molecule has 0 aliphatic rings.